The molecule has 0 atom stereocenters. The molecule has 1 heterocycles. The first-order valence-corrected chi connectivity index (χ1v) is 4.71. The van der Waals surface area contributed by atoms with Crippen molar-refractivity contribution in [3.05, 3.63) is 48.2 Å². The second-order valence-electron chi connectivity index (χ2n) is 3.29. The number of anilines is 1. The van der Waals surface area contributed by atoms with E-state index in [4.69, 9.17) is 10.5 Å². The van der Waals surface area contributed by atoms with Gasteiger partial charge in [-0.1, -0.05) is 6.07 Å². The van der Waals surface area contributed by atoms with Gasteiger partial charge >= 0.3 is 0 Å². The first kappa shape index (κ1) is 9.52. The van der Waals surface area contributed by atoms with Crippen molar-refractivity contribution in [2.24, 2.45) is 0 Å². The smallest absolute Gasteiger partial charge is 0.219 e. The fourth-order valence-corrected chi connectivity index (χ4v) is 1.23. The highest BCUT2D eigenvalue weighted by atomic mass is 16.5. The van der Waals surface area contributed by atoms with E-state index in [9.17, 15) is 0 Å². The summed E-state index contributed by atoms with van der Waals surface area (Å²) < 4.78 is 5.55. The lowest BCUT2D eigenvalue weighted by atomic mass is 10.3. The minimum absolute atomic E-state index is 0.597. The molecule has 2 rings (SSSR count). The van der Waals surface area contributed by atoms with E-state index in [2.05, 4.69) is 4.98 Å². The predicted octanol–water partition coefficient (Wildman–Crippen LogP) is 2.76. The number of nitrogens with two attached hydrogens (primary N) is 1. The molecule has 1 aromatic carbocycles. The SMILES string of the molecule is Cc1cccc(Oc2ccc(N)cc2)n1. The van der Waals surface area contributed by atoms with E-state index < -0.39 is 0 Å². The number of benzene rings is 1. The maximum absolute atomic E-state index is 5.57. The van der Waals surface area contributed by atoms with Crippen molar-refractivity contribution in [2.45, 2.75) is 6.92 Å². The van der Waals surface area contributed by atoms with Crippen LogP contribution in [-0.2, 0) is 0 Å². The molecule has 0 amide bonds. The number of ether oxygens (including phenoxy) is 1. The van der Waals surface area contributed by atoms with Gasteiger partial charge in [0.1, 0.15) is 5.75 Å². The van der Waals surface area contributed by atoms with Crippen LogP contribution in [0.4, 0.5) is 5.69 Å². The van der Waals surface area contributed by atoms with Gasteiger partial charge in [-0.25, -0.2) is 4.98 Å². The molecule has 15 heavy (non-hydrogen) atoms. The van der Waals surface area contributed by atoms with Crippen LogP contribution in [0.15, 0.2) is 42.5 Å². The first-order chi connectivity index (χ1) is 7.24. The molecule has 76 valence electrons. The second kappa shape index (κ2) is 4.00. The first-order valence-electron chi connectivity index (χ1n) is 4.71. The largest absolute Gasteiger partial charge is 0.439 e. The Morgan fingerprint density at radius 3 is 2.47 bits per heavy atom. The summed E-state index contributed by atoms with van der Waals surface area (Å²) in [6, 6.07) is 12.9. The Balaban J connectivity index is 2.18. The minimum atomic E-state index is 0.597. The summed E-state index contributed by atoms with van der Waals surface area (Å²) in [7, 11) is 0. The van der Waals surface area contributed by atoms with E-state index in [0.717, 1.165) is 17.1 Å². The molecule has 0 radical (unpaired) electrons. The van der Waals surface area contributed by atoms with Crippen molar-refractivity contribution in [2.75, 3.05) is 5.73 Å². The molecule has 0 saturated heterocycles. The van der Waals surface area contributed by atoms with Crippen molar-refractivity contribution in [3.8, 4) is 11.6 Å². The van der Waals surface area contributed by atoms with E-state index in [1.54, 1.807) is 12.1 Å². The van der Waals surface area contributed by atoms with Crippen molar-refractivity contribution < 1.29 is 4.74 Å². The number of hydrogen-bond donors (Lipinski definition) is 1. The van der Waals surface area contributed by atoms with Crippen molar-refractivity contribution in [3.63, 3.8) is 0 Å². The number of aromatic nitrogens is 1. The molecule has 0 bridgehead atoms. The zero-order valence-electron chi connectivity index (χ0n) is 8.47. The quantitative estimate of drug-likeness (QED) is 0.758. The zero-order chi connectivity index (χ0) is 10.7. The third-order valence-electron chi connectivity index (χ3n) is 1.97. The average molecular weight is 200 g/mol. The number of nitrogen functional groups attached to an aromatic ring is 1. The zero-order valence-corrected chi connectivity index (χ0v) is 8.47. The van der Waals surface area contributed by atoms with E-state index in [-0.39, 0.29) is 0 Å². The number of aryl methyl sites for hydroxylation is 1. The van der Waals surface area contributed by atoms with Gasteiger partial charge in [0.05, 0.1) is 0 Å². The summed E-state index contributed by atoms with van der Waals surface area (Å²) in [5, 5.41) is 0. The van der Waals surface area contributed by atoms with Gasteiger partial charge in [-0.3, -0.25) is 0 Å². The molecular weight excluding hydrogens is 188 g/mol. The lowest BCUT2D eigenvalue weighted by Crippen LogP contribution is -1.90. The molecule has 3 nitrogen and oxygen atoms in total. The Kier molecular flexibility index (Phi) is 2.54. The molecule has 2 aromatic rings. The molecule has 0 aliphatic heterocycles. The highest BCUT2D eigenvalue weighted by molar-refractivity contribution is 5.42. The maximum atomic E-state index is 5.57. The van der Waals surface area contributed by atoms with Gasteiger partial charge in [-0.05, 0) is 37.3 Å². The lowest BCUT2D eigenvalue weighted by molar-refractivity contribution is 0.462. The summed E-state index contributed by atoms with van der Waals surface area (Å²) in [4.78, 5) is 4.24. The van der Waals surface area contributed by atoms with Gasteiger partial charge in [0.15, 0.2) is 0 Å². The van der Waals surface area contributed by atoms with Crippen LogP contribution in [0, 0.1) is 6.92 Å². The van der Waals surface area contributed by atoms with Crippen LogP contribution in [0.1, 0.15) is 5.69 Å². The van der Waals surface area contributed by atoms with Gasteiger partial charge in [0.2, 0.25) is 5.88 Å². The normalized spacial score (nSPS) is 9.93. The number of nitrogens with zero attached hydrogens (tertiary/aromatic N) is 1. The van der Waals surface area contributed by atoms with Crippen LogP contribution in [0.2, 0.25) is 0 Å². The number of hydrogen-bond acceptors (Lipinski definition) is 3. The average Bonchev–Trinajstić information content (AvgIpc) is 2.22. The fraction of sp³-hybridized carbons (Fsp3) is 0.0833. The number of pyridine rings is 1. The van der Waals surface area contributed by atoms with E-state index in [1.807, 2.05) is 37.3 Å². The molecule has 0 fully saturated rings. The third-order valence-corrected chi connectivity index (χ3v) is 1.97. The second-order valence-corrected chi connectivity index (χ2v) is 3.29. The highest BCUT2D eigenvalue weighted by Crippen LogP contribution is 2.20. The van der Waals surface area contributed by atoms with Crippen molar-refractivity contribution in [1.29, 1.82) is 0 Å². The van der Waals surface area contributed by atoms with Gasteiger partial charge in [-0.15, -0.1) is 0 Å². The van der Waals surface area contributed by atoms with Gasteiger partial charge in [0.25, 0.3) is 0 Å². The van der Waals surface area contributed by atoms with E-state index in [1.165, 1.54) is 0 Å². The van der Waals surface area contributed by atoms with Crippen LogP contribution < -0.4 is 10.5 Å². The Labute approximate surface area is 88.5 Å². The molecule has 1 aromatic heterocycles. The molecule has 0 aliphatic rings. The Morgan fingerprint density at radius 1 is 1.07 bits per heavy atom. The van der Waals surface area contributed by atoms with Gasteiger partial charge in [-0.2, -0.15) is 0 Å². The maximum Gasteiger partial charge on any atom is 0.219 e. The van der Waals surface area contributed by atoms with Crippen LogP contribution in [0.25, 0.3) is 0 Å². The summed E-state index contributed by atoms with van der Waals surface area (Å²) in [5.41, 5.74) is 7.23. The third kappa shape index (κ3) is 2.47. The van der Waals surface area contributed by atoms with Crippen LogP contribution in [-0.4, -0.2) is 4.98 Å². The molecule has 0 spiro atoms. The standard InChI is InChI=1S/C12H12N2O/c1-9-3-2-4-12(14-9)15-11-7-5-10(13)6-8-11/h2-8H,13H2,1H3. The summed E-state index contributed by atoms with van der Waals surface area (Å²) in [5.74, 6) is 1.34. The molecule has 2 N–H and O–H groups in total. The molecule has 3 heteroatoms. The predicted molar refractivity (Wildman–Crippen MR) is 59.9 cm³/mol. The van der Waals surface area contributed by atoms with Crippen molar-refractivity contribution in [1.82, 2.24) is 4.98 Å². The van der Waals surface area contributed by atoms with Crippen LogP contribution in [0.5, 0.6) is 11.6 Å². The topological polar surface area (TPSA) is 48.1 Å². The van der Waals surface area contributed by atoms with Crippen molar-refractivity contribution >= 4 is 5.69 Å². The Hall–Kier alpha value is -2.03. The summed E-state index contributed by atoms with van der Waals surface area (Å²) >= 11 is 0. The minimum Gasteiger partial charge on any atom is -0.439 e. The molecule has 0 saturated carbocycles. The van der Waals surface area contributed by atoms with Gasteiger partial charge in [0, 0.05) is 17.4 Å². The van der Waals surface area contributed by atoms with E-state index >= 15 is 0 Å². The molecular formula is C12H12N2O. The van der Waals surface area contributed by atoms with E-state index in [0.29, 0.717) is 5.88 Å². The van der Waals surface area contributed by atoms with Gasteiger partial charge < -0.3 is 10.5 Å². The van der Waals surface area contributed by atoms with Crippen LogP contribution >= 0.6 is 0 Å². The number of rotatable bonds is 2. The Bertz CT molecular complexity index is 451. The van der Waals surface area contributed by atoms with Crippen LogP contribution in [0.3, 0.4) is 0 Å². The summed E-state index contributed by atoms with van der Waals surface area (Å²) in [6.45, 7) is 1.93. The fourth-order valence-electron chi connectivity index (χ4n) is 1.23. The molecule has 0 unspecified atom stereocenters. The molecule has 0 aliphatic carbocycles. The highest BCUT2D eigenvalue weighted by Gasteiger charge is 1.97. The Morgan fingerprint density at radius 2 is 1.80 bits per heavy atom. The summed E-state index contributed by atoms with van der Waals surface area (Å²) in [6.07, 6.45) is 0. The monoisotopic (exact) mass is 200 g/mol. The lowest BCUT2D eigenvalue weighted by Gasteiger charge is -2.04.